The number of anilines is 1. The average Bonchev–Trinajstić information content (AvgIpc) is 2.52. The van der Waals surface area contributed by atoms with Gasteiger partial charge in [-0.25, -0.2) is 4.98 Å². The Morgan fingerprint density at radius 1 is 1.35 bits per heavy atom. The SMILES string of the molecule is COCCCNc1ccc(C(=O)N2CCCCC2)nc1. The minimum absolute atomic E-state index is 0.0515. The molecule has 2 heterocycles. The number of nitrogens with zero attached hydrogens (tertiary/aromatic N) is 2. The van der Waals surface area contributed by atoms with Gasteiger partial charge in [0.05, 0.1) is 11.9 Å². The Kier molecular flexibility index (Phi) is 5.80. The molecular formula is C15H23N3O2. The van der Waals surface area contributed by atoms with Crippen molar-refractivity contribution >= 4 is 11.6 Å². The first-order chi connectivity index (χ1) is 9.81. The zero-order valence-corrected chi connectivity index (χ0v) is 12.1. The van der Waals surface area contributed by atoms with Gasteiger partial charge in [-0.15, -0.1) is 0 Å². The third-order valence-corrected chi connectivity index (χ3v) is 3.48. The number of rotatable bonds is 6. The highest BCUT2D eigenvalue weighted by molar-refractivity contribution is 5.92. The van der Waals surface area contributed by atoms with Gasteiger partial charge in [0.1, 0.15) is 5.69 Å². The van der Waals surface area contributed by atoms with E-state index in [9.17, 15) is 4.79 Å². The van der Waals surface area contributed by atoms with Crippen molar-refractivity contribution < 1.29 is 9.53 Å². The van der Waals surface area contributed by atoms with Crippen LogP contribution in [0.5, 0.6) is 0 Å². The Labute approximate surface area is 120 Å². The van der Waals surface area contributed by atoms with Crippen molar-refractivity contribution in [3.63, 3.8) is 0 Å². The number of amides is 1. The lowest BCUT2D eigenvalue weighted by molar-refractivity contribution is 0.0718. The Morgan fingerprint density at radius 2 is 2.15 bits per heavy atom. The number of hydrogen-bond acceptors (Lipinski definition) is 4. The van der Waals surface area contributed by atoms with Crippen molar-refractivity contribution in [2.45, 2.75) is 25.7 Å². The quantitative estimate of drug-likeness (QED) is 0.810. The summed E-state index contributed by atoms with van der Waals surface area (Å²) in [6.45, 7) is 3.30. The van der Waals surface area contributed by atoms with Crippen LogP contribution in [0.3, 0.4) is 0 Å². The highest BCUT2D eigenvalue weighted by Gasteiger charge is 2.18. The minimum atomic E-state index is 0.0515. The maximum Gasteiger partial charge on any atom is 0.272 e. The van der Waals surface area contributed by atoms with Gasteiger partial charge in [-0.05, 0) is 37.8 Å². The van der Waals surface area contributed by atoms with E-state index < -0.39 is 0 Å². The normalized spacial score (nSPS) is 15.2. The van der Waals surface area contributed by atoms with Crippen LogP contribution in [0.15, 0.2) is 18.3 Å². The number of piperidine rings is 1. The topological polar surface area (TPSA) is 54.5 Å². The fraction of sp³-hybridized carbons (Fsp3) is 0.600. The van der Waals surface area contributed by atoms with E-state index in [0.29, 0.717) is 5.69 Å². The van der Waals surface area contributed by atoms with Crippen molar-refractivity contribution in [3.8, 4) is 0 Å². The van der Waals surface area contributed by atoms with Gasteiger partial charge in [0.25, 0.3) is 5.91 Å². The largest absolute Gasteiger partial charge is 0.385 e. The zero-order chi connectivity index (χ0) is 14.2. The van der Waals surface area contributed by atoms with E-state index in [0.717, 1.165) is 51.2 Å². The third kappa shape index (κ3) is 4.20. The smallest absolute Gasteiger partial charge is 0.272 e. The summed E-state index contributed by atoms with van der Waals surface area (Å²) in [5, 5.41) is 3.26. The summed E-state index contributed by atoms with van der Waals surface area (Å²) in [4.78, 5) is 18.4. The number of aromatic nitrogens is 1. The van der Waals surface area contributed by atoms with Crippen LogP contribution in [0.4, 0.5) is 5.69 Å². The van der Waals surface area contributed by atoms with E-state index in [4.69, 9.17) is 4.74 Å². The van der Waals surface area contributed by atoms with Crippen LogP contribution in [0.2, 0.25) is 0 Å². The van der Waals surface area contributed by atoms with Crippen LogP contribution in [-0.2, 0) is 4.74 Å². The molecule has 5 heteroatoms. The van der Waals surface area contributed by atoms with E-state index in [1.165, 1.54) is 6.42 Å². The molecule has 0 spiro atoms. The fourth-order valence-electron chi connectivity index (χ4n) is 2.33. The van der Waals surface area contributed by atoms with Crippen molar-refractivity contribution in [2.75, 3.05) is 38.7 Å². The molecule has 0 unspecified atom stereocenters. The van der Waals surface area contributed by atoms with Gasteiger partial charge in [0.15, 0.2) is 0 Å². The monoisotopic (exact) mass is 277 g/mol. The zero-order valence-electron chi connectivity index (χ0n) is 12.1. The summed E-state index contributed by atoms with van der Waals surface area (Å²) in [6, 6.07) is 3.71. The lowest BCUT2D eigenvalue weighted by Gasteiger charge is -2.26. The van der Waals surface area contributed by atoms with E-state index in [2.05, 4.69) is 10.3 Å². The summed E-state index contributed by atoms with van der Waals surface area (Å²) < 4.78 is 4.99. The first-order valence-electron chi connectivity index (χ1n) is 7.29. The van der Waals surface area contributed by atoms with Crippen LogP contribution in [0.25, 0.3) is 0 Å². The molecule has 1 amide bonds. The van der Waals surface area contributed by atoms with E-state index >= 15 is 0 Å². The highest BCUT2D eigenvalue weighted by atomic mass is 16.5. The Morgan fingerprint density at radius 3 is 2.80 bits per heavy atom. The molecule has 0 aromatic carbocycles. The first kappa shape index (κ1) is 14.8. The van der Waals surface area contributed by atoms with Crippen molar-refractivity contribution in [2.24, 2.45) is 0 Å². The van der Waals surface area contributed by atoms with Crippen LogP contribution < -0.4 is 5.32 Å². The molecule has 2 rings (SSSR count). The number of carbonyl (C=O) groups is 1. The summed E-state index contributed by atoms with van der Waals surface area (Å²) in [7, 11) is 1.70. The molecule has 0 atom stereocenters. The second-order valence-corrected chi connectivity index (χ2v) is 5.06. The number of ether oxygens (including phenoxy) is 1. The minimum Gasteiger partial charge on any atom is -0.385 e. The summed E-state index contributed by atoms with van der Waals surface area (Å²) in [5.74, 6) is 0.0515. The molecule has 1 saturated heterocycles. The second kappa shape index (κ2) is 7.85. The van der Waals surface area contributed by atoms with Crippen LogP contribution in [0, 0.1) is 0 Å². The molecule has 110 valence electrons. The van der Waals surface area contributed by atoms with Gasteiger partial charge >= 0.3 is 0 Å². The second-order valence-electron chi connectivity index (χ2n) is 5.06. The van der Waals surface area contributed by atoms with Crippen LogP contribution in [-0.4, -0.2) is 49.1 Å². The highest BCUT2D eigenvalue weighted by Crippen LogP contribution is 2.13. The lowest BCUT2D eigenvalue weighted by atomic mass is 10.1. The number of nitrogens with one attached hydrogen (secondary N) is 1. The predicted molar refractivity (Wildman–Crippen MR) is 79.0 cm³/mol. The van der Waals surface area contributed by atoms with Crippen LogP contribution >= 0.6 is 0 Å². The lowest BCUT2D eigenvalue weighted by Crippen LogP contribution is -2.36. The van der Waals surface area contributed by atoms with Crippen molar-refractivity contribution in [1.82, 2.24) is 9.88 Å². The van der Waals surface area contributed by atoms with Gasteiger partial charge in [-0.1, -0.05) is 0 Å². The van der Waals surface area contributed by atoms with Crippen molar-refractivity contribution in [1.29, 1.82) is 0 Å². The predicted octanol–water partition coefficient (Wildman–Crippen LogP) is 2.16. The molecule has 0 aliphatic carbocycles. The maximum absolute atomic E-state index is 12.2. The Balaban J connectivity index is 1.85. The molecule has 1 aliphatic rings. The van der Waals surface area contributed by atoms with E-state index in [-0.39, 0.29) is 5.91 Å². The molecule has 1 aliphatic heterocycles. The van der Waals surface area contributed by atoms with Gasteiger partial charge in [-0.2, -0.15) is 0 Å². The third-order valence-electron chi connectivity index (χ3n) is 3.48. The molecule has 5 nitrogen and oxygen atoms in total. The van der Waals surface area contributed by atoms with Gasteiger partial charge < -0.3 is 15.0 Å². The van der Waals surface area contributed by atoms with Crippen molar-refractivity contribution in [3.05, 3.63) is 24.0 Å². The molecule has 1 aromatic heterocycles. The average molecular weight is 277 g/mol. The fourth-order valence-corrected chi connectivity index (χ4v) is 2.33. The van der Waals surface area contributed by atoms with Gasteiger partial charge in [0.2, 0.25) is 0 Å². The molecule has 1 aromatic rings. The van der Waals surface area contributed by atoms with E-state index in [1.807, 2.05) is 11.0 Å². The molecule has 20 heavy (non-hydrogen) atoms. The molecule has 1 N–H and O–H groups in total. The molecule has 0 radical (unpaired) electrons. The number of likely N-dealkylation sites (tertiary alicyclic amines) is 1. The molecular weight excluding hydrogens is 254 g/mol. The van der Waals surface area contributed by atoms with E-state index in [1.54, 1.807) is 19.4 Å². The van der Waals surface area contributed by atoms with Gasteiger partial charge in [0, 0.05) is 33.4 Å². The first-order valence-corrected chi connectivity index (χ1v) is 7.29. The number of methoxy groups -OCH3 is 1. The number of hydrogen-bond donors (Lipinski definition) is 1. The Hall–Kier alpha value is -1.62. The standard InChI is InChI=1S/C15H23N3O2/c1-20-11-5-8-16-13-6-7-14(17-12-13)15(19)18-9-3-2-4-10-18/h6-7,12,16H,2-5,8-11H2,1H3. The number of carbonyl (C=O) groups excluding carboxylic acids is 1. The van der Waals surface area contributed by atoms with Gasteiger partial charge in [-0.3, -0.25) is 4.79 Å². The molecule has 1 fully saturated rings. The summed E-state index contributed by atoms with van der Waals surface area (Å²) in [5.41, 5.74) is 1.48. The molecule has 0 bridgehead atoms. The molecule has 0 saturated carbocycles. The maximum atomic E-state index is 12.2. The number of pyridine rings is 1. The Bertz CT molecular complexity index is 414. The summed E-state index contributed by atoms with van der Waals surface area (Å²) in [6.07, 6.45) is 6.10. The summed E-state index contributed by atoms with van der Waals surface area (Å²) >= 11 is 0. The van der Waals surface area contributed by atoms with Crippen LogP contribution in [0.1, 0.15) is 36.2 Å².